The van der Waals surface area contributed by atoms with Gasteiger partial charge in [-0.25, -0.2) is 0 Å². The van der Waals surface area contributed by atoms with Gasteiger partial charge in [0.2, 0.25) is 5.89 Å². The van der Waals surface area contributed by atoms with Crippen molar-refractivity contribution >= 4 is 22.9 Å². The average molecular weight is 286 g/mol. The highest BCUT2D eigenvalue weighted by Crippen LogP contribution is 2.36. The second kappa shape index (κ2) is 5.82. The van der Waals surface area contributed by atoms with Crippen LogP contribution in [-0.2, 0) is 0 Å². The second-order valence-electron chi connectivity index (χ2n) is 4.03. The van der Waals surface area contributed by atoms with Crippen LogP contribution in [0.15, 0.2) is 9.80 Å². The van der Waals surface area contributed by atoms with Crippen LogP contribution in [0.4, 0.5) is 0 Å². The van der Waals surface area contributed by atoms with E-state index in [0.29, 0.717) is 16.8 Å². The summed E-state index contributed by atoms with van der Waals surface area (Å²) in [5.41, 5.74) is 1.04. The molecule has 18 heavy (non-hydrogen) atoms. The van der Waals surface area contributed by atoms with Crippen molar-refractivity contribution in [2.45, 2.75) is 33.2 Å². The molecule has 2 heterocycles. The third-order valence-electron chi connectivity index (χ3n) is 2.69. The van der Waals surface area contributed by atoms with Crippen molar-refractivity contribution in [3.63, 3.8) is 0 Å². The normalized spacial score (nSPS) is 12.9. The number of nitrogens with zero attached hydrogens (tertiary/aromatic N) is 2. The maximum absolute atomic E-state index is 6.19. The zero-order valence-corrected chi connectivity index (χ0v) is 12.2. The topological polar surface area (TPSA) is 51.0 Å². The highest BCUT2D eigenvalue weighted by molar-refractivity contribution is 7.14. The quantitative estimate of drug-likeness (QED) is 0.907. The van der Waals surface area contributed by atoms with E-state index in [1.807, 2.05) is 12.3 Å². The number of aromatic nitrogens is 2. The predicted molar refractivity (Wildman–Crippen MR) is 74.1 cm³/mol. The molecule has 0 spiro atoms. The van der Waals surface area contributed by atoms with E-state index in [2.05, 4.69) is 29.4 Å². The molecule has 1 atom stereocenters. The first-order chi connectivity index (χ1) is 8.67. The lowest BCUT2D eigenvalue weighted by atomic mass is 10.2. The van der Waals surface area contributed by atoms with Crippen molar-refractivity contribution in [1.29, 1.82) is 0 Å². The summed E-state index contributed by atoms with van der Waals surface area (Å²) in [6.07, 6.45) is 0.909. The SMILES string of the molecule is CCNC(CC)c1nnc(-c2scc(C)c2Cl)o1. The molecule has 0 radical (unpaired) electrons. The molecule has 0 aliphatic heterocycles. The Morgan fingerprint density at radius 2 is 2.22 bits per heavy atom. The van der Waals surface area contributed by atoms with Gasteiger partial charge in [0.05, 0.1) is 11.1 Å². The molecule has 2 aromatic heterocycles. The minimum Gasteiger partial charge on any atom is -0.418 e. The van der Waals surface area contributed by atoms with Crippen LogP contribution in [0.5, 0.6) is 0 Å². The summed E-state index contributed by atoms with van der Waals surface area (Å²) >= 11 is 7.72. The third kappa shape index (κ3) is 2.58. The van der Waals surface area contributed by atoms with Gasteiger partial charge in [0.1, 0.15) is 4.88 Å². The average Bonchev–Trinajstić information content (AvgIpc) is 2.95. The van der Waals surface area contributed by atoms with E-state index in [-0.39, 0.29) is 6.04 Å². The summed E-state index contributed by atoms with van der Waals surface area (Å²) in [6.45, 7) is 6.97. The van der Waals surface area contributed by atoms with Crippen LogP contribution >= 0.6 is 22.9 Å². The van der Waals surface area contributed by atoms with E-state index in [9.17, 15) is 0 Å². The fourth-order valence-electron chi connectivity index (χ4n) is 1.69. The van der Waals surface area contributed by atoms with Gasteiger partial charge in [-0.05, 0) is 30.8 Å². The van der Waals surface area contributed by atoms with E-state index in [4.69, 9.17) is 16.0 Å². The molecule has 2 aromatic rings. The summed E-state index contributed by atoms with van der Waals surface area (Å²) in [7, 11) is 0. The van der Waals surface area contributed by atoms with Crippen molar-refractivity contribution in [3.05, 3.63) is 21.9 Å². The Morgan fingerprint density at radius 3 is 2.78 bits per heavy atom. The highest BCUT2D eigenvalue weighted by atomic mass is 35.5. The molecule has 98 valence electrons. The monoisotopic (exact) mass is 285 g/mol. The smallest absolute Gasteiger partial charge is 0.259 e. The molecule has 0 fully saturated rings. The fraction of sp³-hybridized carbons (Fsp3) is 0.500. The van der Waals surface area contributed by atoms with Crippen LogP contribution in [0, 0.1) is 6.92 Å². The van der Waals surface area contributed by atoms with Gasteiger partial charge in [0.25, 0.3) is 5.89 Å². The molecule has 0 amide bonds. The molecule has 0 bridgehead atoms. The largest absolute Gasteiger partial charge is 0.418 e. The molecule has 4 nitrogen and oxygen atoms in total. The van der Waals surface area contributed by atoms with Gasteiger partial charge in [-0.1, -0.05) is 25.4 Å². The van der Waals surface area contributed by atoms with Gasteiger partial charge < -0.3 is 9.73 Å². The van der Waals surface area contributed by atoms with E-state index >= 15 is 0 Å². The van der Waals surface area contributed by atoms with Gasteiger partial charge in [0.15, 0.2) is 0 Å². The standard InChI is InChI=1S/C12H16ClN3OS/c1-4-8(14-5-2)11-15-16-12(17-11)10-9(13)7(3)6-18-10/h6,8,14H,4-5H2,1-3H3. The molecule has 2 rings (SSSR count). The maximum Gasteiger partial charge on any atom is 0.259 e. The van der Waals surface area contributed by atoms with Crippen molar-refractivity contribution in [3.8, 4) is 10.8 Å². The van der Waals surface area contributed by atoms with Gasteiger partial charge >= 0.3 is 0 Å². The Hall–Kier alpha value is -0.910. The van der Waals surface area contributed by atoms with E-state index in [1.165, 1.54) is 11.3 Å². The van der Waals surface area contributed by atoms with Crippen LogP contribution in [0.25, 0.3) is 10.8 Å². The Labute approximate surface area is 115 Å². The van der Waals surface area contributed by atoms with Crippen LogP contribution in [0.3, 0.4) is 0 Å². The zero-order valence-electron chi connectivity index (χ0n) is 10.7. The number of nitrogens with one attached hydrogen (secondary N) is 1. The first kappa shape index (κ1) is 13.5. The lowest BCUT2D eigenvalue weighted by Gasteiger charge is -2.09. The van der Waals surface area contributed by atoms with Gasteiger partial charge in [-0.15, -0.1) is 21.5 Å². The summed E-state index contributed by atoms with van der Waals surface area (Å²) in [5, 5.41) is 14.2. The zero-order chi connectivity index (χ0) is 13.1. The first-order valence-corrected chi connectivity index (χ1v) is 7.23. The van der Waals surface area contributed by atoms with Crippen LogP contribution in [0.1, 0.15) is 37.8 Å². The number of thiophene rings is 1. The summed E-state index contributed by atoms with van der Waals surface area (Å²) in [6, 6.07) is 0.107. The third-order valence-corrected chi connectivity index (χ3v) is 4.38. The predicted octanol–water partition coefficient (Wildman–Crippen LogP) is 3.82. The summed E-state index contributed by atoms with van der Waals surface area (Å²) < 4.78 is 5.71. The molecule has 0 saturated carbocycles. The molecular weight excluding hydrogens is 270 g/mol. The maximum atomic E-state index is 6.19. The molecular formula is C12H16ClN3OS. The molecule has 0 aromatic carbocycles. The van der Waals surface area contributed by atoms with E-state index in [1.54, 1.807) is 0 Å². The lowest BCUT2D eigenvalue weighted by molar-refractivity contribution is 0.402. The summed E-state index contributed by atoms with van der Waals surface area (Å²) in [5.74, 6) is 1.13. The minimum atomic E-state index is 0.107. The number of halogens is 1. The number of hydrogen-bond acceptors (Lipinski definition) is 5. The lowest BCUT2D eigenvalue weighted by Crippen LogP contribution is -2.20. The number of aryl methyl sites for hydroxylation is 1. The van der Waals surface area contributed by atoms with Gasteiger partial charge in [-0.3, -0.25) is 0 Å². The molecule has 0 aliphatic rings. The fourth-order valence-corrected chi connectivity index (χ4v) is 2.89. The first-order valence-electron chi connectivity index (χ1n) is 5.98. The summed E-state index contributed by atoms with van der Waals surface area (Å²) in [4.78, 5) is 0.847. The Balaban J connectivity index is 2.27. The minimum absolute atomic E-state index is 0.107. The highest BCUT2D eigenvalue weighted by Gasteiger charge is 2.19. The molecule has 1 N–H and O–H groups in total. The van der Waals surface area contributed by atoms with Gasteiger partial charge in [0, 0.05) is 0 Å². The van der Waals surface area contributed by atoms with E-state index < -0.39 is 0 Å². The van der Waals surface area contributed by atoms with Crippen molar-refractivity contribution < 1.29 is 4.42 Å². The van der Waals surface area contributed by atoms with E-state index in [0.717, 1.165) is 23.4 Å². The van der Waals surface area contributed by atoms with Crippen molar-refractivity contribution in [1.82, 2.24) is 15.5 Å². The molecule has 1 unspecified atom stereocenters. The van der Waals surface area contributed by atoms with Crippen LogP contribution < -0.4 is 5.32 Å². The number of rotatable bonds is 5. The second-order valence-corrected chi connectivity index (χ2v) is 5.28. The van der Waals surface area contributed by atoms with Crippen molar-refractivity contribution in [2.24, 2.45) is 0 Å². The van der Waals surface area contributed by atoms with Gasteiger partial charge in [-0.2, -0.15) is 0 Å². The number of hydrogen-bond donors (Lipinski definition) is 1. The van der Waals surface area contributed by atoms with Crippen LogP contribution in [-0.4, -0.2) is 16.7 Å². The van der Waals surface area contributed by atoms with Crippen LogP contribution in [0.2, 0.25) is 5.02 Å². The van der Waals surface area contributed by atoms with Crippen molar-refractivity contribution in [2.75, 3.05) is 6.54 Å². The Bertz CT molecular complexity index is 523. The molecule has 0 aliphatic carbocycles. The molecule has 0 saturated heterocycles. The Kier molecular flexibility index (Phi) is 4.37. The molecule has 6 heteroatoms. The Morgan fingerprint density at radius 1 is 1.44 bits per heavy atom.